The lowest BCUT2D eigenvalue weighted by molar-refractivity contribution is -0.123. The van der Waals surface area contributed by atoms with Gasteiger partial charge in [-0.3, -0.25) is 4.79 Å². The SMILES string of the molecule is Cc1cc(C)cc(OCC(=O)NC(C)c2ccc(C)c(C)c2)c1. The summed E-state index contributed by atoms with van der Waals surface area (Å²) < 4.78 is 5.60. The summed E-state index contributed by atoms with van der Waals surface area (Å²) in [7, 11) is 0. The van der Waals surface area contributed by atoms with Crippen LogP contribution >= 0.6 is 0 Å². The van der Waals surface area contributed by atoms with Gasteiger partial charge in [0.1, 0.15) is 5.75 Å². The summed E-state index contributed by atoms with van der Waals surface area (Å²) in [5, 5.41) is 2.98. The summed E-state index contributed by atoms with van der Waals surface area (Å²) in [6.07, 6.45) is 0. The van der Waals surface area contributed by atoms with E-state index in [1.807, 2.05) is 32.9 Å². The number of ether oxygens (including phenoxy) is 1. The average molecular weight is 311 g/mol. The number of benzene rings is 2. The predicted octanol–water partition coefficient (Wildman–Crippen LogP) is 4.18. The first-order valence-corrected chi connectivity index (χ1v) is 7.93. The number of rotatable bonds is 5. The molecule has 0 spiro atoms. The van der Waals surface area contributed by atoms with Crippen molar-refractivity contribution in [3.8, 4) is 5.75 Å². The van der Waals surface area contributed by atoms with Crippen LogP contribution in [0.1, 0.15) is 40.8 Å². The lowest BCUT2D eigenvalue weighted by atomic mass is 10.0. The van der Waals surface area contributed by atoms with Gasteiger partial charge in [-0.1, -0.05) is 24.3 Å². The monoisotopic (exact) mass is 311 g/mol. The fourth-order valence-corrected chi connectivity index (χ4v) is 2.57. The van der Waals surface area contributed by atoms with Gasteiger partial charge in [0, 0.05) is 0 Å². The summed E-state index contributed by atoms with van der Waals surface area (Å²) in [5.74, 6) is 0.617. The van der Waals surface area contributed by atoms with Crippen LogP contribution in [0.4, 0.5) is 0 Å². The zero-order chi connectivity index (χ0) is 17.0. The molecule has 0 saturated heterocycles. The van der Waals surface area contributed by atoms with E-state index in [0.717, 1.165) is 22.4 Å². The van der Waals surface area contributed by atoms with Crippen LogP contribution in [0.15, 0.2) is 36.4 Å². The molecule has 3 nitrogen and oxygen atoms in total. The highest BCUT2D eigenvalue weighted by Crippen LogP contribution is 2.18. The van der Waals surface area contributed by atoms with Gasteiger partial charge in [0.15, 0.2) is 6.61 Å². The van der Waals surface area contributed by atoms with E-state index in [0.29, 0.717) is 0 Å². The molecular weight excluding hydrogens is 286 g/mol. The second kappa shape index (κ2) is 7.32. The molecule has 1 atom stereocenters. The molecule has 0 fully saturated rings. The number of hydrogen-bond acceptors (Lipinski definition) is 2. The number of carbonyl (C=O) groups is 1. The molecule has 0 aliphatic rings. The highest BCUT2D eigenvalue weighted by Gasteiger charge is 2.11. The molecular formula is C20H25NO2. The van der Waals surface area contributed by atoms with E-state index in [1.165, 1.54) is 11.1 Å². The van der Waals surface area contributed by atoms with E-state index in [-0.39, 0.29) is 18.6 Å². The second-order valence-corrected chi connectivity index (χ2v) is 6.24. The first kappa shape index (κ1) is 17.1. The minimum Gasteiger partial charge on any atom is -0.484 e. The lowest BCUT2D eigenvalue weighted by Gasteiger charge is -2.16. The summed E-state index contributed by atoms with van der Waals surface area (Å²) >= 11 is 0. The molecule has 23 heavy (non-hydrogen) atoms. The third kappa shape index (κ3) is 4.85. The van der Waals surface area contributed by atoms with Gasteiger partial charge in [-0.15, -0.1) is 0 Å². The van der Waals surface area contributed by atoms with Gasteiger partial charge in [0.2, 0.25) is 0 Å². The maximum atomic E-state index is 12.1. The van der Waals surface area contributed by atoms with E-state index in [2.05, 4.69) is 43.4 Å². The van der Waals surface area contributed by atoms with E-state index in [4.69, 9.17) is 4.74 Å². The highest BCUT2D eigenvalue weighted by molar-refractivity contribution is 5.78. The number of amides is 1. The molecule has 1 unspecified atom stereocenters. The molecule has 2 aromatic carbocycles. The Bertz CT molecular complexity index is 687. The zero-order valence-electron chi connectivity index (χ0n) is 14.6. The number of carbonyl (C=O) groups excluding carboxylic acids is 1. The van der Waals surface area contributed by atoms with E-state index in [1.54, 1.807) is 0 Å². The maximum Gasteiger partial charge on any atom is 0.258 e. The Morgan fingerprint density at radius 1 is 1.00 bits per heavy atom. The molecule has 3 heteroatoms. The molecule has 0 saturated carbocycles. The minimum absolute atomic E-state index is 0.0259. The summed E-state index contributed by atoms with van der Waals surface area (Å²) in [4.78, 5) is 12.1. The van der Waals surface area contributed by atoms with Gasteiger partial charge in [0.25, 0.3) is 5.91 Å². The van der Waals surface area contributed by atoms with Crippen LogP contribution in [-0.2, 0) is 4.79 Å². The molecule has 2 rings (SSSR count). The van der Waals surface area contributed by atoms with E-state index < -0.39 is 0 Å². The maximum absolute atomic E-state index is 12.1. The predicted molar refractivity (Wildman–Crippen MR) is 93.9 cm³/mol. The summed E-state index contributed by atoms with van der Waals surface area (Å²) in [6, 6.07) is 12.2. The second-order valence-electron chi connectivity index (χ2n) is 6.24. The van der Waals surface area contributed by atoms with E-state index in [9.17, 15) is 4.79 Å². The van der Waals surface area contributed by atoms with Crippen molar-refractivity contribution in [2.24, 2.45) is 0 Å². The largest absolute Gasteiger partial charge is 0.484 e. The van der Waals surface area contributed by atoms with Crippen LogP contribution in [0.3, 0.4) is 0 Å². The first-order valence-electron chi connectivity index (χ1n) is 7.93. The van der Waals surface area contributed by atoms with Gasteiger partial charge in [-0.25, -0.2) is 0 Å². The Kier molecular flexibility index (Phi) is 5.43. The highest BCUT2D eigenvalue weighted by atomic mass is 16.5. The normalized spacial score (nSPS) is 11.9. The minimum atomic E-state index is -0.116. The standard InChI is InChI=1S/C20H25NO2/c1-13-8-14(2)10-19(9-13)23-12-20(22)21-17(5)18-7-6-15(3)16(4)11-18/h6-11,17H,12H2,1-5H3,(H,21,22). The van der Waals surface area contributed by atoms with Crippen LogP contribution in [0, 0.1) is 27.7 Å². The van der Waals surface area contributed by atoms with Crippen molar-refractivity contribution >= 4 is 5.91 Å². The van der Waals surface area contributed by atoms with Crippen LogP contribution in [0.5, 0.6) is 5.75 Å². The fourth-order valence-electron chi connectivity index (χ4n) is 2.57. The molecule has 122 valence electrons. The Labute approximate surface area is 138 Å². The fraction of sp³-hybridized carbons (Fsp3) is 0.350. The summed E-state index contributed by atoms with van der Waals surface area (Å²) in [6.45, 7) is 10.2. The lowest BCUT2D eigenvalue weighted by Crippen LogP contribution is -2.31. The van der Waals surface area contributed by atoms with Gasteiger partial charge in [-0.05, 0) is 74.6 Å². The third-order valence-electron chi connectivity index (χ3n) is 3.97. The van der Waals surface area contributed by atoms with Crippen molar-refractivity contribution in [1.29, 1.82) is 0 Å². The molecule has 0 aliphatic carbocycles. The van der Waals surface area contributed by atoms with Gasteiger partial charge >= 0.3 is 0 Å². The topological polar surface area (TPSA) is 38.3 Å². The van der Waals surface area contributed by atoms with Crippen molar-refractivity contribution in [2.75, 3.05) is 6.61 Å². The molecule has 0 radical (unpaired) electrons. The van der Waals surface area contributed by atoms with Crippen molar-refractivity contribution in [1.82, 2.24) is 5.32 Å². The molecule has 1 N–H and O–H groups in total. The Morgan fingerprint density at radius 3 is 2.26 bits per heavy atom. The molecule has 1 amide bonds. The zero-order valence-corrected chi connectivity index (χ0v) is 14.6. The van der Waals surface area contributed by atoms with Crippen LogP contribution in [-0.4, -0.2) is 12.5 Å². The number of aryl methyl sites for hydroxylation is 4. The van der Waals surface area contributed by atoms with Gasteiger partial charge < -0.3 is 10.1 Å². The quantitative estimate of drug-likeness (QED) is 0.899. The molecule has 0 heterocycles. The number of hydrogen-bond donors (Lipinski definition) is 1. The van der Waals surface area contributed by atoms with Gasteiger partial charge in [0.05, 0.1) is 6.04 Å². The Hall–Kier alpha value is -2.29. The molecule has 0 aromatic heterocycles. The van der Waals surface area contributed by atoms with Crippen molar-refractivity contribution in [2.45, 2.75) is 40.7 Å². The molecule has 2 aromatic rings. The van der Waals surface area contributed by atoms with Gasteiger partial charge in [-0.2, -0.15) is 0 Å². The van der Waals surface area contributed by atoms with Crippen LogP contribution in [0.2, 0.25) is 0 Å². The van der Waals surface area contributed by atoms with Crippen molar-refractivity contribution in [3.05, 3.63) is 64.2 Å². The van der Waals surface area contributed by atoms with Crippen LogP contribution in [0.25, 0.3) is 0 Å². The first-order chi connectivity index (χ1) is 10.8. The van der Waals surface area contributed by atoms with Crippen molar-refractivity contribution < 1.29 is 9.53 Å². The van der Waals surface area contributed by atoms with Crippen molar-refractivity contribution in [3.63, 3.8) is 0 Å². The smallest absolute Gasteiger partial charge is 0.258 e. The van der Waals surface area contributed by atoms with Crippen LogP contribution < -0.4 is 10.1 Å². The number of nitrogens with one attached hydrogen (secondary N) is 1. The Morgan fingerprint density at radius 2 is 1.65 bits per heavy atom. The molecule has 0 aliphatic heterocycles. The molecule has 0 bridgehead atoms. The Balaban J connectivity index is 1.92. The third-order valence-corrected chi connectivity index (χ3v) is 3.97. The van der Waals surface area contributed by atoms with E-state index >= 15 is 0 Å². The summed E-state index contributed by atoms with van der Waals surface area (Å²) in [5.41, 5.74) is 5.85. The average Bonchev–Trinajstić information content (AvgIpc) is 2.47.